The maximum absolute atomic E-state index is 14.7. The third-order valence-corrected chi connectivity index (χ3v) is 13.8. The zero-order valence-corrected chi connectivity index (χ0v) is 39.5. The van der Waals surface area contributed by atoms with Gasteiger partial charge in [0.25, 0.3) is 5.56 Å². The Hall–Kier alpha value is -7.36. The summed E-state index contributed by atoms with van der Waals surface area (Å²) >= 11 is 0. The third kappa shape index (κ3) is 11.6. The Morgan fingerprint density at radius 1 is 0.662 bits per heavy atom. The van der Waals surface area contributed by atoms with Gasteiger partial charge in [0, 0.05) is 18.7 Å². The van der Waals surface area contributed by atoms with Crippen molar-refractivity contribution >= 4 is 37.0 Å². The van der Waals surface area contributed by atoms with Gasteiger partial charge in [0.05, 0.1) is 32.4 Å². The van der Waals surface area contributed by atoms with E-state index in [0.29, 0.717) is 13.1 Å². The molecule has 71 heavy (non-hydrogen) atoms. The zero-order chi connectivity index (χ0) is 48.4. The first kappa shape index (κ1) is 47.3. The molecule has 2 aromatic heterocycles. The molecule has 0 amide bonds. The summed E-state index contributed by atoms with van der Waals surface area (Å²) < 4.78 is 55.4. The molecule has 0 radical (unpaired) electrons. The SMILES string of the molecule is O=C(CP(=O)(OCc1ccccc1)OC[C@H]1O[C@@H](n2cnc3c(=O)n(Cc4ccccc4)c(/N=C/N(Cc4ccccc4)Cc4ccccc4)nc32)[C@@H]2O[C@H](c3ccccc3)O[C@@H]21)OCc1ccccc1. The molecule has 2 aliphatic heterocycles. The molecule has 2 aliphatic rings. The van der Waals surface area contributed by atoms with Crippen LogP contribution in [0.2, 0.25) is 0 Å². The predicted octanol–water partition coefficient (Wildman–Crippen LogP) is 9.55. The van der Waals surface area contributed by atoms with Gasteiger partial charge in [0.1, 0.15) is 31.1 Å². The van der Waals surface area contributed by atoms with Crippen LogP contribution in [0.25, 0.3) is 11.2 Å². The number of hydrogen-bond donors (Lipinski definition) is 0. The molecule has 10 rings (SSSR count). The number of carbonyl (C=O) groups excluding carboxylic acids is 1. The van der Waals surface area contributed by atoms with Gasteiger partial charge in [0.2, 0.25) is 5.95 Å². The number of hydrogen-bond acceptors (Lipinski definition) is 12. The average molecular weight is 971 g/mol. The van der Waals surface area contributed by atoms with E-state index in [9.17, 15) is 14.2 Å². The first-order valence-corrected chi connectivity index (χ1v) is 25.1. The molecular formula is C55H51N6O9P. The molecule has 0 N–H and O–H groups in total. The zero-order valence-electron chi connectivity index (χ0n) is 38.6. The highest BCUT2D eigenvalue weighted by molar-refractivity contribution is 7.54. The van der Waals surface area contributed by atoms with E-state index >= 15 is 0 Å². The van der Waals surface area contributed by atoms with E-state index in [1.807, 2.05) is 158 Å². The maximum Gasteiger partial charge on any atom is 0.342 e. The molecule has 15 nitrogen and oxygen atoms in total. The van der Waals surface area contributed by atoms with Crippen LogP contribution >= 0.6 is 7.60 Å². The largest absolute Gasteiger partial charge is 0.460 e. The number of rotatable bonds is 20. The van der Waals surface area contributed by atoms with Crippen LogP contribution < -0.4 is 5.56 Å². The molecule has 4 heterocycles. The quantitative estimate of drug-likeness (QED) is 0.0309. The smallest absolute Gasteiger partial charge is 0.342 e. The number of benzene rings is 6. The van der Waals surface area contributed by atoms with Gasteiger partial charge in [-0.05, 0) is 27.8 Å². The normalized spacial score (nSPS) is 19.4. The summed E-state index contributed by atoms with van der Waals surface area (Å²) in [5, 5.41) is 0. The van der Waals surface area contributed by atoms with Gasteiger partial charge in [0.15, 0.2) is 23.7 Å². The number of nitrogens with zero attached hydrogens (tertiary/aromatic N) is 6. The fourth-order valence-corrected chi connectivity index (χ4v) is 9.94. The number of esters is 1. The highest BCUT2D eigenvalue weighted by Crippen LogP contribution is 2.51. The fourth-order valence-electron chi connectivity index (χ4n) is 8.55. The fraction of sp³-hybridized carbons (Fsp3) is 0.218. The van der Waals surface area contributed by atoms with Crippen LogP contribution in [-0.4, -0.2) is 67.4 Å². The lowest BCUT2D eigenvalue weighted by Crippen LogP contribution is -2.32. The summed E-state index contributed by atoms with van der Waals surface area (Å²) in [6.07, 6.45) is -1.68. The second-order valence-electron chi connectivity index (χ2n) is 17.2. The van der Waals surface area contributed by atoms with Crippen LogP contribution in [0.5, 0.6) is 0 Å². The molecule has 6 atom stereocenters. The highest BCUT2D eigenvalue weighted by Gasteiger charge is 2.55. The van der Waals surface area contributed by atoms with E-state index in [1.165, 1.54) is 10.9 Å². The monoisotopic (exact) mass is 970 g/mol. The van der Waals surface area contributed by atoms with Crippen LogP contribution in [0.15, 0.2) is 198 Å². The number of aliphatic imine (C=N–C) groups is 1. The van der Waals surface area contributed by atoms with Gasteiger partial charge in [-0.1, -0.05) is 182 Å². The molecule has 1 unspecified atom stereocenters. The number of aromatic nitrogens is 4. The minimum absolute atomic E-state index is 0.0154. The Morgan fingerprint density at radius 2 is 1.20 bits per heavy atom. The first-order chi connectivity index (χ1) is 34.8. The first-order valence-electron chi connectivity index (χ1n) is 23.3. The van der Waals surface area contributed by atoms with Crippen molar-refractivity contribution in [2.24, 2.45) is 4.99 Å². The summed E-state index contributed by atoms with van der Waals surface area (Å²) in [6, 6.07) is 57.6. The van der Waals surface area contributed by atoms with E-state index in [-0.39, 0.29) is 43.5 Å². The van der Waals surface area contributed by atoms with E-state index in [2.05, 4.69) is 34.1 Å². The number of carbonyl (C=O) groups is 1. The summed E-state index contributed by atoms with van der Waals surface area (Å²) in [5.74, 6) is -0.608. The van der Waals surface area contributed by atoms with Gasteiger partial charge < -0.3 is 32.9 Å². The molecule has 0 spiro atoms. The van der Waals surface area contributed by atoms with Gasteiger partial charge in [-0.2, -0.15) is 4.98 Å². The van der Waals surface area contributed by atoms with Crippen molar-refractivity contribution < 1.29 is 37.4 Å². The van der Waals surface area contributed by atoms with Crippen LogP contribution in [-0.2, 0) is 70.2 Å². The predicted molar refractivity (Wildman–Crippen MR) is 266 cm³/mol. The van der Waals surface area contributed by atoms with Crippen molar-refractivity contribution in [2.45, 2.75) is 63.7 Å². The van der Waals surface area contributed by atoms with Crippen LogP contribution in [0.4, 0.5) is 5.95 Å². The number of ether oxygens (including phenoxy) is 4. The maximum atomic E-state index is 14.7. The van der Waals surface area contributed by atoms with Crippen molar-refractivity contribution in [3.8, 4) is 0 Å². The van der Waals surface area contributed by atoms with Crippen LogP contribution in [0.3, 0.4) is 0 Å². The molecule has 8 aromatic rings. The van der Waals surface area contributed by atoms with Crippen molar-refractivity contribution in [1.29, 1.82) is 0 Å². The van der Waals surface area contributed by atoms with Crippen molar-refractivity contribution in [1.82, 2.24) is 24.0 Å². The number of imidazole rings is 1. The molecule has 360 valence electrons. The standard InChI is InChI=1S/C55H51N6O9P/c62-47(65-34-43-25-13-4-14-26-43)37-71(64,66-35-44-27-15-5-16-28-44)67-36-46-49-50(70-54(69-49)45-29-17-6-18-30-45)53(68-46)61-39-56-48-51(61)58-55(60(52(48)63)33-42-23-11-3-12-24-42)57-38-59(31-40-19-7-1-8-20-40)32-41-21-9-2-10-22-41/h1-30,38-39,46,49-50,53-54H,31-37H2/b57-38+/t46-,49-,50-,53-,54-,71?/m1/s1. The summed E-state index contributed by atoms with van der Waals surface area (Å²) in [6.45, 7) is 0.853. The lowest BCUT2D eigenvalue weighted by Gasteiger charge is -2.23. The van der Waals surface area contributed by atoms with E-state index in [4.69, 9.17) is 38.0 Å². The van der Waals surface area contributed by atoms with Crippen molar-refractivity contribution in [3.63, 3.8) is 0 Å². The second-order valence-corrected chi connectivity index (χ2v) is 19.3. The van der Waals surface area contributed by atoms with Gasteiger partial charge >= 0.3 is 13.6 Å². The van der Waals surface area contributed by atoms with Gasteiger partial charge in [-0.3, -0.25) is 23.3 Å². The second kappa shape index (κ2) is 22.2. The molecule has 2 saturated heterocycles. The van der Waals surface area contributed by atoms with Crippen molar-refractivity contribution in [3.05, 3.63) is 232 Å². The van der Waals surface area contributed by atoms with E-state index < -0.39 is 56.1 Å². The Kier molecular flexibility index (Phi) is 14.8. The lowest BCUT2D eigenvalue weighted by atomic mass is 10.1. The molecule has 0 saturated carbocycles. The van der Waals surface area contributed by atoms with Crippen LogP contribution in [0.1, 0.15) is 45.9 Å². The average Bonchev–Trinajstić information content (AvgIpc) is 4.14. The molecular weight excluding hydrogens is 920 g/mol. The lowest BCUT2D eigenvalue weighted by molar-refractivity contribution is -0.152. The van der Waals surface area contributed by atoms with E-state index in [0.717, 1.165) is 33.4 Å². The molecule has 0 aliphatic carbocycles. The minimum atomic E-state index is -4.20. The van der Waals surface area contributed by atoms with Gasteiger partial charge in [-0.25, -0.2) is 9.98 Å². The molecule has 16 heteroatoms. The minimum Gasteiger partial charge on any atom is -0.460 e. The van der Waals surface area contributed by atoms with Gasteiger partial charge in [-0.15, -0.1) is 0 Å². The number of fused-ring (bicyclic) bond motifs is 2. The Bertz CT molecular complexity index is 3110. The molecule has 6 aromatic carbocycles. The summed E-state index contributed by atoms with van der Waals surface area (Å²) in [7, 11) is -4.20. The summed E-state index contributed by atoms with van der Waals surface area (Å²) in [5.41, 5.74) is 5.21. The Morgan fingerprint density at radius 3 is 1.80 bits per heavy atom. The van der Waals surface area contributed by atoms with Crippen LogP contribution in [0, 0.1) is 0 Å². The van der Waals surface area contributed by atoms with E-state index in [1.54, 1.807) is 10.9 Å². The highest BCUT2D eigenvalue weighted by atomic mass is 31.2. The third-order valence-electron chi connectivity index (χ3n) is 12.1. The Balaban J connectivity index is 0.974. The molecule has 2 fully saturated rings. The topological polar surface area (TPSA) is 158 Å². The molecule has 0 bridgehead atoms. The van der Waals surface area contributed by atoms with Crippen molar-refractivity contribution in [2.75, 3.05) is 12.8 Å². The Labute approximate surface area is 410 Å². The summed E-state index contributed by atoms with van der Waals surface area (Å²) in [4.78, 5) is 44.7.